The molecule has 1 amide bonds. The number of ether oxygens (including phenoxy) is 1. The highest BCUT2D eigenvalue weighted by Gasteiger charge is 2.05. The van der Waals surface area contributed by atoms with Crippen LogP contribution in [-0.2, 0) is 11.2 Å². The third kappa shape index (κ3) is 4.75. The van der Waals surface area contributed by atoms with Crippen molar-refractivity contribution >= 4 is 5.91 Å². The zero-order valence-electron chi connectivity index (χ0n) is 11.3. The summed E-state index contributed by atoms with van der Waals surface area (Å²) in [5, 5.41) is 2.80. The van der Waals surface area contributed by atoms with Crippen LogP contribution in [0.3, 0.4) is 0 Å². The molecule has 0 bridgehead atoms. The minimum Gasteiger partial charge on any atom is -0.496 e. The van der Waals surface area contributed by atoms with Crippen molar-refractivity contribution in [1.82, 2.24) is 5.32 Å². The van der Waals surface area contributed by atoms with Crippen molar-refractivity contribution in [2.75, 3.05) is 13.7 Å². The van der Waals surface area contributed by atoms with Crippen molar-refractivity contribution in [1.29, 1.82) is 0 Å². The van der Waals surface area contributed by atoms with Gasteiger partial charge in [-0.15, -0.1) is 0 Å². The molecule has 1 unspecified atom stereocenters. The van der Waals surface area contributed by atoms with E-state index in [1.165, 1.54) is 0 Å². The van der Waals surface area contributed by atoms with Gasteiger partial charge in [0.2, 0.25) is 5.91 Å². The molecule has 3 N–H and O–H groups in total. The summed E-state index contributed by atoms with van der Waals surface area (Å²) in [7, 11) is 1.66. The molecule has 100 valence electrons. The smallest absolute Gasteiger partial charge is 0.220 e. The fourth-order valence-corrected chi connectivity index (χ4v) is 1.72. The van der Waals surface area contributed by atoms with Crippen LogP contribution in [0.25, 0.3) is 0 Å². The van der Waals surface area contributed by atoms with Crippen LogP contribution in [0.1, 0.15) is 24.5 Å². The molecule has 1 rings (SSSR count). The minimum absolute atomic E-state index is 0.00261. The number of amides is 1. The summed E-state index contributed by atoms with van der Waals surface area (Å²) < 4.78 is 5.20. The highest BCUT2D eigenvalue weighted by molar-refractivity contribution is 5.76. The van der Waals surface area contributed by atoms with Gasteiger partial charge in [-0.2, -0.15) is 0 Å². The first kappa shape index (κ1) is 14.5. The third-order valence-corrected chi connectivity index (χ3v) is 2.72. The quantitative estimate of drug-likeness (QED) is 0.802. The maximum Gasteiger partial charge on any atom is 0.220 e. The Kier molecular flexibility index (Phi) is 5.65. The van der Waals surface area contributed by atoms with E-state index in [9.17, 15) is 4.79 Å². The number of methoxy groups -OCH3 is 1. The Morgan fingerprint density at radius 2 is 2.22 bits per heavy atom. The van der Waals surface area contributed by atoms with Gasteiger partial charge in [0.25, 0.3) is 0 Å². The highest BCUT2D eigenvalue weighted by Crippen LogP contribution is 2.19. The predicted octanol–water partition coefficient (Wildman–Crippen LogP) is 1.40. The van der Waals surface area contributed by atoms with Crippen molar-refractivity contribution in [2.45, 2.75) is 32.7 Å². The van der Waals surface area contributed by atoms with Gasteiger partial charge < -0.3 is 15.8 Å². The normalized spacial score (nSPS) is 12.0. The first-order valence-corrected chi connectivity index (χ1v) is 6.18. The molecule has 1 aromatic carbocycles. The fraction of sp³-hybridized carbons (Fsp3) is 0.500. The van der Waals surface area contributed by atoms with E-state index in [0.29, 0.717) is 13.0 Å². The van der Waals surface area contributed by atoms with E-state index in [4.69, 9.17) is 10.5 Å². The van der Waals surface area contributed by atoms with E-state index < -0.39 is 0 Å². The van der Waals surface area contributed by atoms with E-state index in [1.807, 2.05) is 26.0 Å². The summed E-state index contributed by atoms with van der Waals surface area (Å²) >= 11 is 0. The molecule has 0 saturated carbocycles. The van der Waals surface area contributed by atoms with Crippen molar-refractivity contribution in [2.24, 2.45) is 5.73 Å². The number of hydrogen-bond donors (Lipinski definition) is 2. The van der Waals surface area contributed by atoms with Crippen molar-refractivity contribution < 1.29 is 9.53 Å². The molecular formula is C14H22N2O2. The number of aryl methyl sites for hydroxylation is 2. The zero-order valence-corrected chi connectivity index (χ0v) is 11.3. The lowest BCUT2D eigenvalue weighted by molar-refractivity contribution is -0.121. The molecular weight excluding hydrogens is 228 g/mol. The SMILES string of the molecule is COc1ccc(CCC(=O)NCC(C)N)cc1C. The van der Waals surface area contributed by atoms with Gasteiger partial charge in [-0.3, -0.25) is 4.79 Å². The second-order valence-electron chi connectivity index (χ2n) is 4.59. The average Bonchev–Trinajstić information content (AvgIpc) is 2.34. The summed E-state index contributed by atoms with van der Waals surface area (Å²) in [5.41, 5.74) is 7.80. The number of carbonyl (C=O) groups is 1. The van der Waals surface area contributed by atoms with E-state index in [2.05, 4.69) is 11.4 Å². The lowest BCUT2D eigenvalue weighted by atomic mass is 10.1. The van der Waals surface area contributed by atoms with Gasteiger partial charge in [-0.1, -0.05) is 12.1 Å². The molecule has 4 heteroatoms. The zero-order chi connectivity index (χ0) is 13.5. The van der Waals surface area contributed by atoms with E-state index in [1.54, 1.807) is 7.11 Å². The van der Waals surface area contributed by atoms with Crippen LogP contribution >= 0.6 is 0 Å². The Morgan fingerprint density at radius 1 is 1.50 bits per heavy atom. The maximum atomic E-state index is 11.5. The maximum absolute atomic E-state index is 11.5. The van der Waals surface area contributed by atoms with Gasteiger partial charge in [0.05, 0.1) is 7.11 Å². The molecule has 0 fully saturated rings. The standard InChI is InChI=1S/C14H22N2O2/c1-10-8-12(4-6-13(10)18-3)5-7-14(17)16-9-11(2)15/h4,6,8,11H,5,7,9,15H2,1-3H3,(H,16,17). The average molecular weight is 250 g/mol. The molecule has 0 radical (unpaired) electrons. The molecule has 0 aliphatic heterocycles. The Balaban J connectivity index is 2.43. The number of hydrogen-bond acceptors (Lipinski definition) is 3. The lowest BCUT2D eigenvalue weighted by Crippen LogP contribution is -2.35. The van der Waals surface area contributed by atoms with Gasteiger partial charge in [-0.05, 0) is 37.5 Å². The van der Waals surface area contributed by atoms with Crippen LogP contribution in [0.4, 0.5) is 0 Å². The largest absolute Gasteiger partial charge is 0.496 e. The van der Waals surface area contributed by atoms with Crippen LogP contribution in [0.2, 0.25) is 0 Å². The summed E-state index contributed by atoms with van der Waals surface area (Å²) in [6, 6.07) is 5.98. The van der Waals surface area contributed by atoms with E-state index in [-0.39, 0.29) is 11.9 Å². The first-order chi connectivity index (χ1) is 8.52. The topological polar surface area (TPSA) is 64.3 Å². The van der Waals surface area contributed by atoms with Crippen molar-refractivity contribution in [3.63, 3.8) is 0 Å². The molecule has 0 aliphatic rings. The number of benzene rings is 1. The Bertz CT molecular complexity index is 403. The molecule has 0 aliphatic carbocycles. The second-order valence-corrected chi connectivity index (χ2v) is 4.59. The Morgan fingerprint density at radius 3 is 2.78 bits per heavy atom. The van der Waals surface area contributed by atoms with E-state index >= 15 is 0 Å². The summed E-state index contributed by atoms with van der Waals surface area (Å²) in [6.45, 7) is 4.39. The summed E-state index contributed by atoms with van der Waals surface area (Å²) in [6.07, 6.45) is 1.22. The van der Waals surface area contributed by atoms with Crippen molar-refractivity contribution in [3.8, 4) is 5.75 Å². The molecule has 18 heavy (non-hydrogen) atoms. The van der Waals surface area contributed by atoms with Crippen molar-refractivity contribution in [3.05, 3.63) is 29.3 Å². The Hall–Kier alpha value is -1.55. The molecule has 0 aromatic heterocycles. The second kappa shape index (κ2) is 7.01. The van der Waals surface area contributed by atoms with Gasteiger partial charge in [0.15, 0.2) is 0 Å². The molecule has 0 saturated heterocycles. The lowest BCUT2D eigenvalue weighted by Gasteiger charge is -2.09. The number of nitrogens with two attached hydrogens (primary N) is 1. The van der Waals surface area contributed by atoms with Crippen LogP contribution in [-0.4, -0.2) is 25.6 Å². The molecule has 0 spiro atoms. The van der Waals surface area contributed by atoms with Gasteiger partial charge in [0.1, 0.15) is 5.75 Å². The molecule has 4 nitrogen and oxygen atoms in total. The molecule has 1 aromatic rings. The predicted molar refractivity (Wildman–Crippen MR) is 72.7 cm³/mol. The third-order valence-electron chi connectivity index (χ3n) is 2.72. The summed E-state index contributed by atoms with van der Waals surface area (Å²) in [5.74, 6) is 0.918. The van der Waals surface area contributed by atoms with Crippen LogP contribution < -0.4 is 15.8 Å². The molecule has 0 heterocycles. The first-order valence-electron chi connectivity index (χ1n) is 6.18. The van der Waals surface area contributed by atoms with Crippen LogP contribution in [0.15, 0.2) is 18.2 Å². The summed E-state index contributed by atoms with van der Waals surface area (Å²) in [4.78, 5) is 11.5. The minimum atomic E-state index is -0.00261. The van der Waals surface area contributed by atoms with Gasteiger partial charge >= 0.3 is 0 Å². The number of rotatable bonds is 6. The Labute approximate surface area is 109 Å². The van der Waals surface area contributed by atoms with Crippen LogP contribution in [0, 0.1) is 6.92 Å². The van der Waals surface area contributed by atoms with E-state index in [0.717, 1.165) is 23.3 Å². The fourth-order valence-electron chi connectivity index (χ4n) is 1.72. The number of nitrogens with one attached hydrogen (secondary N) is 1. The monoisotopic (exact) mass is 250 g/mol. The molecule has 1 atom stereocenters. The highest BCUT2D eigenvalue weighted by atomic mass is 16.5. The van der Waals surface area contributed by atoms with Gasteiger partial charge in [-0.25, -0.2) is 0 Å². The van der Waals surface area contributed by atoms with Gasteiger partial charge in [0, 0.05) is 19.0 Å². The van der Waals surface area contributed by atoms with Crippen LogP contribution in [0.5, 0.6) is 5.75 Å². The number of carbonyl (C=O) groups excluding carboxylic acids is 1.